The first-order valence-electron chi connectivity index (χ1n) is 8.09. The molecule has 3 N–H and O–H groups in total. The quantitative estimate of drug-likeness (QED) is 0.696. The summed E-state index contributed by atoms with van der Waals surface area (Å²) in [4.78, 5) is 13.3. The number of carbonyl (C=O) groups excluding carboxylic acids is 1. The number of carbonyl (C=O) groups is 1. The molecule has 4 aliphatic rings. The summed E-state index contributed by atoms with van der Waals surface area (Å²) in [7, 11) is 2.11. The van der Waals surface area contributed by atoms with E-state index in [4.69, 9.17) is 15.2 Å². The van der Waals surface area contributed by atoms with Gasteiger partial charge in [-0.1, -0.05) is 18.2 Å². The molecule has 23 heavy (non-hydrogen) atoms. The van der Waals surface area contributed by atoms with Crippen molar-refractivity contribution in [3.63, 3.8) is 0 Å². The van der Waals surface area contributed by atoms with Crippen LogP contribution in [0.5, 0.6) is 0 Å². The molecule has 1 spiro atoms. The molecule has 2 heterocycles. The Balaban J connectivity index is 1.76. The van der Waals surface area contributed by atoms with Crippen LogP contribution in [0.1, 0.15) is 12.8 Å². The van der Waals surface area contributed by atoms with Crippen LogP contribution in [-0.4, -0.2) is 60.7 Å². The van der Waals surface area contributed by atoms with Crippen LogP contribution in [-0.2, 0) is 9.47 Å². The molecule has 0 saturated carbocycles. The predicted molar refractivity (Wildman–Crippen MR) is 83.6 cm³/mol. The third-order valence-corrected chi connectivity index (χ3v) is 5.49. The van der Waals surface area contributed by atoms with Gasteiger partial charge in [0.2, 0.25) is 0 Å². The zero-order valence-electron chi connectivity index (χ0n) is 13.1. The van der Waals surface area contributed by atoms with Gasteiger partial charge in [-0.2, -0.15) is 0 Å². The summed E-state index contributed by atoms with van der Waals surface area (Å²) >= 11 is 0. The molecule has 1 amide bonds. The van der Waals surface area contributed by atoms with Crippen LogP contribution >= 0.6 is 0 Å². The molecule has 0 bridgehead atoms. The fourth-order valence-electron chi connectivity index (χ4n) is 4.47. The van der Waals surface area contributed by atoms with Gasteiger partial charge in [-0.15, -0.1) is 0 Å². The van der Waals surface area contributed by atoms with Crippen LogP contribution in [0.4, 0.5) is 4.79 Å². The summed E-state index contributed by atoms with van der Waals surface area (Å²) in [6.45, 7) is 1.82. The number of rotatable bonds is 1. The van der Waals surface area contributed by atoms with Crippen LogP contribution in [0.3, 0.4) is 0 Å². The van der Waals surface area contributed by atoms with Crippen molar-refractivity contribution in [2.24, 2.45) is 11.1 Å². The summed E-state index contributed by atoms with van der Waals surface area (Å²) in [5.74, 6) is 0. The van der Waals surface area contributed by atoms with Crippen molar-refractivity contribution < 1.29 is 19.4 Å². The maximum atomic E-state index is 11.0. The molecule has 6 heteroatoms. The van der Waals surface area contributed by atoms with Crippen molar-refractivity contribution in [1.29, 1.82) is 0 Å². The highest BCUT2D eigenvalue weighted by molar-refractivity contribution is 5.65. The lowest BCUT2D eigenvalue weighted by molar-refractivity contribution is -0.0443. The van der Waals surface area contributed by atoms with Crippen LogP contribution in [0.2, 0.25) is 0 Å². The topological polar surface area (TPSA) is 85.0 Å². The van der Waals surface area contributed by atoms with E-state index in [-0.39, 0.29) is 23.7 Å². The Labute approximate surface area is 135 Å². The zero-order valence-corrected chi connectivity index (χ0v) is 13.1. The van der Waals surface area contributed by atoms with Gasteiger partial charge >= 0.3 is 6.09 Å². The lowest BCUT2D eigenvalue weighted by Gasteiger charge is -2.37. The molecule has 0 aromatic carbocycles. The number of likely N-dealkylation sites (N-methyl/N-ethyl adjacent to an activating group) is 1. The van der Waals surface area contributed by atoms with E-state index in [9.17, 15) is 9.90 Å². The maximum Gasteiger partial charge on any atom is 0.405 e. The molecule has 0 radical (unpaired) electrons. The average Bonchev–Trinajstić information content (AvgIpc) is 2.76. The monoisotopic (exact) mass is 318 g/mol. The first kappa shape index (κ1) is 14.9. The highest BCUT2D eigenvalue weighted by atomic mass is 16.6. The second-order valence-electron chi connectivity index (χ2n) is 6.93. The van der Waals surface area contributed by atoms with Crippen molar-refractivity contribution in [1.82, 2.24) is 4.90 Å². The minimum absolute atomic E-state index is 0.104. The summed E-state index contributed by atoms with van der Waals surface area (Å²) in [6.07, 6.45) is 7.24. The fraction of sp³-hybridized carbons (Fsp3) is 0.588. The minimum atomic E-state index is -0.770. The van der Waals surface area contributed by atoms with E-state index in [0.717, 1.165) is 19.5 Å². The third kappa shape index (κ3) is 2.24. The molecule has 4 rings (SSSR count). The van der Waals surface area contributed by atoms with Crippen molar-refractivity contribution in [3.8, 4) is 0 Å². The molecule has 124 valence electrons. The number of ether oxygens (including phenoxy) is 2. The molecule has 2 unspecified atom stereocenters. The van der Waals surface area contributed by atoms with Crippen LogP contribution in [0.25, 0.3) is 0 Å². The predicted octanol–water partition coefficient (Wildman–Crippen LogP) is 0.727. The number of hydrogen-bond acceptors (Lipinski definition) is 5. The maximum absolute atomic E-state index is 11.0. The van der Waals surface area contributed by atoms with Crippen molar-refractivity contribution in [2.45, 2.75) is 37.3 Å². The Morgan fingerprint density at radius 3 is 3.13 bits per heavy atom. The summed E-state index contributed by atoms with van der Waals surface area (Å²) in [6, 6.07) is 0. The molecule has 1 fully saturated rings. The normalized spacial score (nSPS) is 42.2. The standard InChI is InChI=1S/C17H22N2O4/c1-19-7-6-17-5-4-11(22-16(18)21)8-13(17)23-15-12(20)3-2-10(9-19)14(15)17/h2-5,11-13,15,20H,6-9H2,1H3,(H2,18,21)/t11-,12?,13-,15?,17-/m0/s1. The van der Waals surface area contributed by atoms with E-state index in [1.54, 1.807) is 0 Å². The Kier molecular flexibility index (Phi) is 3.37. The Morgan fingerprint density at radius 1 is 1.52 bits per heavy atom. The lowest BCUT2D eigenvalue weighted by atomic mass is 9.66. The number of aliphatic hydroxyl groups excluding tert-OH is 1. The number of amides is 1. The molecule has 5 atom stereocenters. The molecular formula is C17H22N2O4. The van der Waals surface area contributed by atoms with Crippen molar-refractivity contribution in [3.05, 3.63) is 35.5 Å². The van der Waals surface area contributed by atoms with Gasteiger partial charge < -0.3 is 25.2 Å². The average molecular weight is 318 g/mol. The molecule has 6 nitrogen and oxygen atoms in total. The van der Waals surface area contributed by atoms with E-state index in [0.29, 0.717) is 6.42 Å². The zero-order chi connectivity index (χ0) is 16.2. The van der Waals surface area contributed by atoms with E-state index in [1.807, 2.05) is 18.2 Å². The SMILES string of the molecule is CN1CC[C@@]23C=C[C@H](OC(N)=O)C[C@@H]2OC2C3=C(C=CC2O)C1. The van der Waals surface area contributed by atoms with Crippen LogP contribution in [0.15, 0.2) is 35.5 Å². The lowest BCUT2D eigenvalue weighted by Crippen LogP contribution is -2.39. The molecule has 1 saturated heterocycles. The smallest absolute Gasteiger partial charge is 0.405 e. The number of nitrogens with two attached hydrogens (primary N) is 1. The van der Waals surface area contributed by atoms with E-state index in [1.165, 1.54) is 11.1 Å². The molecule has 2 aliphatic heterocycles. The molecule has 2 aliphatic carbocycles. The van der Waals surface area contributed by atoms with Gasteiger partial charge in [-0.3, -0.25) is 0 Å². The van der Waals surface area contributed by atoms with Gasteiger partial charge in [0, 0.05) is 18.4 Å². The van der Waals surface area contributed by atoms with Crippen molar-refractivity contribution >= 4 is 6.09 Å². The van der Waals surface area contributed by atoms with Gasteiger partial charge in [0.25, 0.3) is 0 Å². The number of aliphatic hydroxyl groups is 1. The largest absolute Gasteiger partial charge is 0.442 e. The highest BCUT2D eigenvalue weighted by Gasteiger charge is 2.56. The van der Waals surface area contributed by atoms with Gasteiger partial charge in [0.1, 0.15) is 18.3 Å². The molecular weight excluding hydrogens is 296 g/mol. The summed E-state index contributed by atoms with van der Waals surface area (Å²) in [5, 5.41) is 10.4. The van der Waals surface area contributed by atoms with Crippen LogP contribution < -0.4 is 5.73 Å². The van der Waals surface area contributed by atoms with E-state index >= 15 is 0 Å². The van der Waals surface area contributed by atoms with Gasteiger partial charge in [-0.05, 0) is 37.2 Å². The Bertz CT molecular complexity index is 626. The van der Waals surface area contributed by atoms with E-state index in [2.05, 4.69) is 18.0 Å². The number of nitrogens with zero attached hydrogens (tertiary/aromatic N) is 1. The van der Waals surface area contributed by atoms with Gasteiger partial charge in [-0.25, -0.2) is 4.79 Å². The van der Waals surface area contributed by atoms with Gasteiger partial charge in [0.05, 0.1) is 6.10 Å². The first-order valence-corrected chi connectivity index (χ1v) is 8.09. The number of hydrogen-bond donors (Lipinski definition) is 2. The second-order valence-corrected chi connectivity index (χ2v) is 6.93. The fourth-order valence-corrected chi connectivity index (χ4v) is 4.47. The summed E-state index contributed by atoms with van der Waals surface area (Å²) < 4.78 is 11.4. The molecule has 0 aromatic rings. The Hall–Kier alpha value is -1.63. The third-order valence-electron chi connectivity index (χ3n) is 5.49. The Morgan fingerprint density at radius 2 is 2.35 bits per heavy atom. The summed E-state index contributed by atoms with van der Waals surface area (Å²) in [5.41, 5.74) is 7.37. The van der Waals surface area contributed by atoms with Crippen LogP contribution in [0, 0.1) is 5.41 Å². The number of primary amides is 1. The highest BCUT2D eigenvalue weighted by Crippen LogP contribution is 2.55. The minimum Gasteiger partial charge on any atom is -0.442 e. The van der Waals surface area contributed by atoms with Gasteiger partial charge in [0.15, 0.2) is 0 Å². The molecule has 0 aromatic heterocycles. The van der Waals surface area contributed by atoms with E-state index < -0.39 is 12.2 Å². The van der Waals surface area contributed by atoms with Crippen molar-refractivity contribution in [2.75, 3.05) is 20.1 Å². The second kappa shape index (κ2) is 5.19. The first-order chi connectivity index (χ1) is 11.0.